The molecule has 0 aliphatic heterocycles. The summed E-state index contributed by atoms with van der Waals surface area (Å²) < 4.78 is 0. The van der Waals surface area contributed by atoms with Gasteiger partial charge in [-0.15, -0.1) is 0 Å². The summed E-state index contributed by atoms with van der Waals surface area (Å²) in [7, 11) is 0. The molecule has 0 bridgehead atoms. The van der Waals surface area contributed by atoms with Gasteiger partial charge in [0.2, 0.25) is 0 Å². The van der Waals surface area contributed by atoms with E-state index in [1.54, 1.807) is 0 Å². The Kier molecular flexibility index (Phi) is 4.93. The predicted octanol–water partition coefficient (Wildman–Crippen LogP) is 10.9. The highest BCUT2D eigenvalue weighted by atomic mass is 15.1. The van der Waals surface area contributed by atoms with Crippen LogP contribution in [0.4, 0.5) is 17.1 Å². The molecule has 40 heavy (non-hydrogen) atoms. The van der Waals surface area contributed by atoms with Gasteiger partial charge in [0.05, 0.1) is 0 Å². The summed E-state index contributed by atoms with van der Waals surface area (Å²) >= 11 is 0. The van der Waals surface area contributed by atoms with Crippen molar-refractivity contribution < 1.29 is 0 Å². The lowest BCUT2D eigenvalue weighted by Gasteiger charge is -2.26. The maximum Gasteiger partial charge on any atom is 0.0468 e. The number of hydrogen-bond donors (Lipinski definition) is 0. The Hall–Kier alpha value is -4.88. The zero-order valence-corrected chi connectivity index (χ0v) is 22.7. The highest BCUT2D eigenvalue weighted by Gasteiger charge is 2.38. The van der Waals surface area contributed by atoms with Gasteiger partial charge in [0.25, 0.3) is 0 Å². The van der Waals surface area contributed by atoms with Crippen LogP contribution in [0.25, 0.3) is 43.4 Å². The van der Waals surface area contributed by atoms with Crippen molar-refractivity contribution in [2.75, 3.05) is 4.90 Å². The number of para-hydroxylation sites is 2. The first kappa shape index (κ1) is 23.0. The Morgan fingerprint density at radius 3 is 1.80 bits per heavy atom. The normalized spacial score (nSPS) is 13.4. The Morgan fingerprint density at radius 1 is 0.475 bits per heavy atom. The van der Waals surface area contributed by atoms with Crippen molar-refractivity contribution in [2.24, 2.45) is 0 Å². The van der Waals surface area contributed by atoms with Gasteiger partial charge in [0.15, 0.2) is 0 Å². The molecular weight excluding hydrogens is 482 g/mol. The monoisotopic (exact) mass is 511 g/mol. The molecule has 0 radical (unpaired) electrons. The van der Waals surface area contributed by atoms with Gasteiger partial charge < -0.3 is 4.90 Å². The molecule has 7 aromatic carbocycles. The third-order valence-electron chi connectivity index (χ3n) is 8.77. The molecule has 0 heterocycles. The molecule has 190 valence electrons. The average molecular weight is 512 g/mol. The van der Waals surface area contributed by atoms with Crippen molar-refractivity contribution in [3.05, 3.63) is 151 Å². The lowest BCUT2D eigenvalue weighted by atomic mass is 9.79. The summed E-state index contributed by atoms with van der Waals surface area (Å²) in [6.07, 6.45) is 0. The number of anilines is 3. The molecule has 7 aromatic rings. The number of nitrogens with zero attached hydrogens (tertiary/aromatic N) is 1. The molecule has 0 aromatic heterocycles. The zero-order chi connectivity index (χ0) is 26.8. The van der Waals surface area contributed by atoms with Crippen molar-refractivity contribution in [3.63, 3.8) is 0 Å². The van der Waals surface area contributed by atoms with E-state index in [2.05, 4.69) is 158 Å². The van der Waals surface area contributed by atoms with Gasteiger partial charge in [-0.2, -0.15) is 0 Å². The van der Waals surface area contributed by atoms with Crippen LogP contribution in [-0.4, -0.2) is 0 Å². The van der Waals surface area contributed by atoms with Gasteiger partial charge >= 0.3 is 0 Å². The maximum atomic E-state index is 2.38. The van der Waals surface area contributed by atoms with Crippen LogP contribution in [0, 0.1) is 0 Å². The van der Waals surface area contributed by atoms with Gasteiger partial charge in [-0.3, -0.25) is 0 Å². The van der Waals surface area contributed by atoms with E-state index in [0.29, 0.717) is 0 Å². The second kappa shape index (κ2) is 8.56. The molecule has 0 saturated heterocycles. The van der Waals surface area contributed by atoms with Crippen LogP contribution in [0.3, 0.4) is 0 Å². The van der Waals surface area contributed by atoms with Crippen LogP contribution in [0.1, 0.15) is 25.0 Å². The summed E-state index contributed by atoms with van der Waals surface area (Å²) in [5, 5.41) is 7.92. The van der Waals surface area contributed by atoms with Gasteiger partial charge in [-0.25, -0.2) is 0 Å². The topological polar surface area (TPSA) is 3.24 Å². The minimum Gasteiger partial charge on any atom is -0.310 e. The number of benzene rings is 7. The third kappa shape index (κ3) is 3.21. The second-order valence-electron chi connectivity index (χ2n) is 11.4. The molecule has 0 unspecified atom stereocenters. The van der Waals surface area contributed by atoms with E-state index in [1.165, 1.54) is 54.6 Å². The molecule has 1 aliphatic carbocycles. The quantitative estimate of drug-likeness (QED) is 0.213. The highest BCUT2D eigenvalue weighted by molar-refractivity contribution is 6.26. The molecule has 8 rings (SSSR count). The van der Waals surface area contributed by atoms with Crippen molar-refractivity contribution in [2.45, 2.75) is 19.3 Å². The fourth-order valence-corrected chi connectivity index (χ4v) is 7.05. The Labute approximate surface area is 234 Å². The van der Waals surface area contributed by atoms with E-state index >= 15 is 0 Å². The lowest BCUT2D eigenvalue weighted by molar-refractivity contribution is 0.666. The molecule has 0 amide bonds. The zero-order valence-electron chi connectivity index (χ0n) is 22.7. The van der Waals surface area contributed by atoms with Crippen LogP contribution >= 0.6 is 0 Å². The summed E-state index contributed by atoms with van der Waals surface area (Å²) in [5.74, 6) is 0. The van der Waals surface area contributed by atoms with Crippen LogP contribution in [0.2, 0.25) is 0 Å². The highest BCUT2D eigenvalue weighted by Crippen LogP contribution is 2.55. The van der Waals surface area contributed by atoms with E-state index < -0.39 is 0 Å². The molecule has 0 atom stereocenters. The third-order valence-corrected chi connectivity index (χ3v) is 8.77. The summed E-state index contributed by atoms with van der Waals surface area (Å²) in [5.41, 5.74) is 9.04. The SMILES string of the molecule is CC1(C)c2ccccc2-c2c1c1ccccc1c1c2ccc2cc(N(c3ccccc3)c3ccccc3)ccc21. The van der Waals surface area contributed by atoms with Gasteiger partial charge in [0.1, 0.15) is 0 Å². The van der Waals surface area contributed by atoms with Crippen LogP contribution < -0.4 is 4.90 Å². The van der Waals surface area contributed by atoms with E-state index in [4.69, 9.17) is 0 Å². The van der Waals surface area contributed by atoms with Crippen LogP contribution in [0.5, 0.6) is 0 Å². The standard InChI is InChI=1S/C39H29N/c1-39(2)35-20-12-11-19-33(35)37-34-23-21-26-25-29(40(27-13-5-3-6-14-27)28-15-7-4-8-16-28)22-24-30(26)36(34)31-17-9-10-18-32(31)38(37)39/h3-25H,1-2H3. The Morgan fingerprint density at radius 2 is 1.07 bits per heavy atom. The van der Waals surface area contributed by atoms with Crippen LogP contribution in [-0.2, 0) is 5.41 Å². The molecule has 0 N–H and O–H groups in total. The van der Waals surface area contributed by atoms with Crippen molar-refractivity contribution in [3.8, 4) is 11.1 Å². The fraction of sp³-hybridized carbons (Fsp3) is 0.0769. The smallest absolute Gasteiger partial charge is 0.0468 e. The van der Waals surface area contributed by atoms with E-state index in [-0.39, 0.29) is 5.41 Å². The van der Waals surface area contributed by atoms with Gasteiger partial charge in [-0.1, -0.05) is 117 Å². The number of hydrogen-bond acceptors (Lipinski definition) is 1. The molecule has 1 aliphatic rings. The minimum absolute atomic E-state index is 0.0512. The van der Waals surface area contributed by atoms with Crippen molar-refractivity contribution in [1.82, 2.24) is 0 Å². The maximum absolute atomic E-state index is 2.38. The van der Waals surface area contributed by atoms with E-state index in [1.807, 2.05) is 0 Å². The van der Waals surface area contributed by atoms with Gasteiger partial charge in [-0.05, 0) is 91.0 Å². The molecule has 0 spiro atoms. The predicted molar refractivity (Wildman–Crippen MR) is 171 cm³/mol. The van der Waals surface area contributed by atoms with Crippen LogP contribution in [0.15, 0.2) is 140 Å². The first-order valence-electron chi connectivity index (χ1n) is 14.0. The van der Waals surface area contributed by atoms with Crippen molar-refractivity contribution in [1.29, 1.82) is 0 Å². The Balaban J connectivity index is 1.44. The number of rotatable bonds is 3. The minimum atomic E-state index is -0.0512. The molecule has 1 heteroatoms. The van der Waals surface area contributed by atoms with Crippen molar-refractivity contribution >= 4 is 49.4 Å². The molecule has 0 fully saturated rings. The fourth-order valence-electron chi connectivity index (χ4n) is 7.05. The lowest BCUT2D eigenvalue weighted by Crippen LogP contribution is -2.15. The summed E-state index contributed by atoms with van der Waals surface area (Å²) in [6, 6.07) is 50.9. The van der Waals surface area contributed by atoms with Gasteiger partial charge in [0, 0.05) is 22.5 Å². The first-order chi connectivity index (χ1) is 19.6. The van der Waals surface area contributed by atoms with E-state index in [9.17, 15) is 0 Å². The summed E-state index contributed by atoms with van der Waals surface area (Å²) in [6.45, 7) is 4.76. The molecule has 0 saturated carbocycles. The Bertz CT molecular complexity index is 2030. The summed E-state index contributed by atoms with van der Waals surface area (Å²) in [4.78, 5) is 2.34. The first-order valence-corrected chi connectivity index (χ1v) is 14.0. The molecular formula is C39H29N. The molecule has 1 nitrogen and oxygen atoms in total. The van der Waals surface area contributed by atoms with E-state index in [0.717, 1.165) is 17.1 Å². The largest absolute Gasteiger partial charge is 0.310 e. The average Bonchev–Trinajstić information content (AvgIpc) is 3.25. The number of fused-ring (bicyclic) bond motifs is 10. The second-order valence-corrected chi connectivity index (χ2v) is 11.4.